The molecule has 160 valence electrons. The van der Waals surface area contributed by atoms with Gasteiger partial charge in [-0.05, 0) is 42.0 Å². The Balaban J connectivity index is 1.86. The highest BCUT2D eigenvalue weighted by molar-refractivity contribution is 7.89. The molecule has 31 heavy (non-hydrogen) atoms. The van der Waals surface area contributed by atoms with Crippen molar-refractivity contribution in [3.05, 3.63) is 71.0 Å². The van der Waals surface area contributed by atoms with Crippen LogP contribution < -0.4 is 9.94 Å². The second-order valence-electron chi connectivity index (χ2n) is 6.85. The summed E-state index contributed by atoms with van der Waals surface area (Å²) in [5.41, 5.74) is 1.28. The van der Waals surface area contributed by atoms with Crippen LogP contribution in [0.1, 0.15) is 17.3 Å². The van der Waals surface area contributed by atoms with E-state index in [-0.39, 0.29) is 10.8 Å². The molecule has 0 atom stereocenters. The number of benzene rings is 3. The molecule has 0 saturated carbocycles. The molecule has 7 nitrogen and oxygen atoms in total. The van der Waals surface area contributed by atoms with Gasteiger partial charge in [0.25, 0.3) is 5.91 Å². The first-order valence-electron chi connectivity index (χ1n) is 9.69. The average molecular weight is 456 g/mol. The van der Waals surface area contributed by atoms with E-state index in [1.807, 2.05) is 47.9 Å². The third kappa shape index (κ3) is 4.45. The third-order valence-electron chi connectivity index (χ3n) is 4.86. The van der Waals surface area contributed by atoms with Gasteiger partial charge in [0.1, 0.15) is 0 Å². The zero-order valence-corrected chi connectivity index (χ0v) is 18.4. The lowest BCUT2D eigenvalue weighted by molar-refractivity contribution is 0.0998. The number of rotatable bonds is 6. The van der Waals surface area contributed by atoms with E-state index in [0.29, 0.717) is 34.8 Å². The number of hydrogen-bond donors (Lipinski definition) is 1. The van der Waals surface area contributed by atoms with Crippen molar-refractivity contribution in [1.82, 2.24) is 4.57 Å². The highest BCUT2D eigenvalue weighted by Crippen LogP contribution is 2.22. The van der Waals surface area contributed by atoms with Crippen LogP contribution in [0.4, 0.5) is 0 Å². The number of nitrogens with two attached hydrogens (primary N) is 1. The summed E-state index contributed by atoms with van der Waals surface area (Å²) < 4.78 is 31.5. The predicted octanol–water partition coefficient (Wildman–Crippen LogP) is 3.28. The fraction of sp³-hybridized carbons (Fsp3) is 0.182. The number of amides is 1. The summed E-state index contributed by atoms with van der Waals surface area (Å²) in [5, 5.41) is 7.06. The van der Waals surface area contributed by atoms with Gasteiger partial charge in [-0.1, -0.05) is 47.7 Å². The lowest BCUT2D eigenvalue weighted by Crippen LogP contribution is -2.20. The maximum atomic E-state index is 13.1. The van der Waals surface area contributed by atoms with Crippen molar-refractivity contribution in [3.63, 3.8) is 0 Å². The second kappa shape index (κ2) is 8.72. The van der Waals surface area contributed by atoms with Gasteiger partial charge in [-0.2, -0.15) is 4.99 Å². The van der Waals surface area contributed by atoms with Gasteiger partial charge in [0.15, 0.2) is 4.80 Å². The molecule has 3 aromatic carbocycles. The van der Waals surface area contributed by atoms with Crippen molar-refractivity contribution in [3.8, 4) is 0 Å². The molecule has 0 radical (unpaired) electrons. The van der Waals surface area contributed by atoms with Crippen LogP contribution in [0, 0.1) is 0 Å². The SMILES string of the molecule is CCOCCn1c(=NC(=O)c2cccc3ccccc23)sc2cc(S(N)(=O)=O)ccc21. The van der Waals surface area contributed by atoms with E-state index in [1.54, 1.807) is 12.1 Å². The first kappa shape index (κ1) is 21.4. The molecule has 0 saturated heterocycles. The zero-order valence-electron chi connectivity index (χ0n) is 16.8. The van der Waals surface area contributed by atoms with Crippen LogP contribution in [-0.4, -0.2) is 32.1 Å². The van der Waals surface area contributed by atoms with E-state index in [9.17, 15) is 13.2 Å². The molecule has 9 heteroatoms. The van der Waals surface area contributed by atoms with Gasteiger partial charge in [0, 0.05) is 18.7 Å². The number of primary sulfonamides is 1. The van der Waals surface area contributed by atoms with Gasteiger partial charge in [0.2, 0.25) is 10.0 Å². The first-order chi connectivity index (χ1) is 14.9. The van der Waals surface area contributed by atoms with E-state index >= 15 is 0 Å². The monoisotopic (exact) mass is 455 g/mol. The lowest BCUT2D eigenvalue weighted by Gasteiger charge is -2.06. The topological polar surface area (TPSA) is 104 Å². The molecule has 1 aromatic heterocycles. The fourth-order valence-corrected chi connectivity index (χ4v) is 5.10. The van der Waals surface area contributed by atoms with Crippen molar-refractivity contribution < 1.29 is 17.9 Å². The maximum Gasteiger partial charge on any atom is 0.280 e. The Bertz CT molecular complexity index is 1450. The molecule has 4 aromatic rings. The van der Waals surface area contributed by atoms with E-state index in [1.165, 1.54) is 23.5 Å². The summed E-state index contributed by atoms with van der Waals surface area (Å²) in [7, 11) is -3.83. The number of ether oxygens (including phenoxy) is 1. The molecule has 0 aliphatic carbocycles. The Morgan fingerprint density at radius 1 is 1.13 bits per heavy atom. The van der Waals surface area contributed by atoms with Crippen LogP contribution in [0.5, 0.6) is 0 Å². The van der Waals surface area contributed by atoms with Crippen LogP contribution in [0.2, 0.25) is 0 Å². The predicted molar refractivity (Wildman–Crippen MR) is 122 cm³/mol. The Hall–Kier alpha value is -2.85. The number of nitrogens with zero attached hydrogens (tertiary/aromatic N) is 2. The summed E-state index contributed by atoms with van der Waals surface area (Å²) >= 11 is 1.24. The number of hydrogen-bond acceptors (Lipinski definition) is 5. The Labute approximate surface area is 183 Å². The summed E-state index contributed by atoms with van der Waals surface area (Å²) in [4.78, 5) is 18.0. The quantitative estimate of drug-likeness (QED) is 0.451. The van der Waals surface area contributed by atoms with E-state index in [0.717, 1.165) is 16.3 Å². The third-order valence-corrected chi connectivity index (χ3v) is 6.82. The molecular formula is C22H21N3O4S2. The summed E-state index contributed by atoms with van der Waals surface area (Å²) in [5.74, 6) is -0.361. The minimum absolute atomic E-state index is 0.0186. The summed E-state index contributed by atoms with van der Waals surface area (Å²) in [6.07, 6.45) is 0. The van der Waals surface area contributed by atoms with Crippen molar-refractivity contribution in [2.45, 2.75) is 18.4 Å². The van der Waals surface area contributed by atoms with Crippen molar-refractivity contribution in [2.75, 3.05) is 13.2 Å². The summed E-state index contributed by atoms with van der Waals surface area (Å²) in [6.45, 7) is 3.39. The number of carbonyl (C=O) groups is 1. The number of thiazole rings is 1. The molecule has 0 spiro atoms. The molecule has 0 aliphatic heterocycles. The van der Waals surface area contributed by atoms with Gasteiger partial charge in [-0.3, -0.25) is 4.79 Å². The van der Waals surface area contributed by atoms with Crippen LogP contribution in [-0.2, 0) is 21.3 Å². The highest BCUT2D eigenvalue weighted by Gasteiger charge is 2.14. The first-order valence-corrected chi connectivity index (χ1v) is 12.1. The number of fused-ring (bicyclic) bond motifs is 2. The van der Waals surface area contributed by atoms with Crippen LogP contribution >= 0.6 is 11.3 Å². The van der Waals surface area contributed by atoms with Gasteiger partial charge < -0.3 is 9.30 Å². The molecule has 4 rings (SSSR count). The van der Waals surface area contributed by atoms with E-state index < -0.39 is 10.0 Å². The Morgan fingerprint density at radius 3 is 2.68 bits per heavy atom. The molecule has 0 unspecified atom stereocenters. The number of sulfonamides is 1. The van der Waals surface area contributed by atoms with Gasteiger partial charge in [-0.15, -0.1) is 0 Å². The highest BCUT2D eigenvalue weighted by atomic mass is 32.2. The smallest absolute Gasteiger partial charge is 0.280 e. The summed E-state index contributed by atoms with van der Waals surface area (Å²) in [6, 6.07) is 17.8. The van der Waals surface area contributed by atoms with E-state index in [4.69, 9.17) is 9.88 Å². The van der Waals surface area contributed by atoms with Crippen molar-refractivity contribution >= 4 is 48.3 Å². The molecule has 0 fully saturated rings. The lowest BCUT2D eigenvalue weighted by atomic mass is 10.0. The number of aromatic nitrogens is 1. The standard InChI is InChI=1S/C22H21N3O4S2/c1-2-29-13-12-25-19-11-10-16(31(23,27)28)14-20(19)30-22(25)24-21(26)18-9-5-7-15-6-3-4-8-17(15)18/h3-11,14H,2,12-13H2,1H3,(H2,23,27,28). The maximum absolute atomic E-state index is 13.1. The van der Waals surface area contributed by atoms with Gasteiger partial charge >= 0.3 is 0 Å². The minimum Gasteiger partial charge on any atom is -0.380 e. The normalized spacial score (nSPS) is 12.6. The Kier molecular flexibility index (Phi) is 6.01. The molecule has 1 heterocycles. The fourth-order valence-electron chi connectivity index (χ4n) is 3.39. The van der Waals surface area contributed by atoms with Gasteiger partial charge in [0.05, 0.1) is 21.7 Å². The molecule has 0 aliphatic rings. The van der Waals surface area contributed by atoms with Gasteiger partial charge in [-0.25, -0.2) is 13.6 Å². The molecule has 1 amide bonds. The number of carbonyl (C=O) groups excluding carboxylic acids is 1. The molecular weight excluding hydrogens is 434 g/mol. The van der Waals surface area contributed by atoms with Crippen molar-refractivity contribution in [2.24, 2.45) is 10.1 Å². The largest absolute Gasteiger partial charge is 0.380 e. The average Bonchev–Trinajstić information content (AvgIpc) is 3.09. The van der Waals surface area contributed by atoms with Crippen LogP contribution in [0.3, 0.4) is 0 Å². The molecule has 0 bridgehead atoms. The Morgan fingerprint density at radius 2 is 1.90 bits per heavy atom. The van der Waals surface area contributed by atoms with Crippen LogP contribution in [0.25, 0.3) is 21.0 Å². The van der Waals surface area contributed by atoms with Crippen LogP contribution in [0.15, 0.2) is 70.6 Å². The molecule has 2 N–H and O–H groups in total. The van der Waals surface area contributed by atoms with E-state index in [2.05, 4.69) is 4.99 Å². The zero-order chi connectivity index (χ0) is 22.0. The second-order valence-corrected chi connectivity index (χ2v) is 9.42. The minimum atomic E-state index is -3.83. The van der Waals surface area contributed by atoms with Crippen molar-refractivity contribution in [1.29, 1.82) is 0 Å².